The molecule has 3 aromatic carbocycles. The summed E-state index contributed by atoms with van der Waals surface area (Å²) < 4.78 is 11.7. The Morgan fingerprint density at radius 2 is 1.72 bits per heavy atom. The fourth-order valence-electron chi connectivity index (χ4n) is 5.66. The smallest absolute Gasteiger partial charge is 0.237 e. The predicted molar refractivity (Wildman–Crippen MR) is 169 cm³/mol. The predicted octanol–water partition coefficient (Wildman–Crippen LogP) is 4.70. The standard InChI is InChI=1S/C34H39N5O4/c1-4-25-23(19-38-34(41)29-14-21-10-7-8-11-22(21)18-37-29)12-9-13-27(25)39-33-24(15-32(35)40)20-36-28-17-31(43-6-3)30(42-5-2)16-26(28)33/h7-13,16-17,20,29,37H,4-6,14-15,18-19H2,1-3H3,(H2,35,40)(H,36,39)(H,38,41)/t29-/m1/s1. The lowest BCUT2D eigenvalue weighted by molar-refractivity contribution is -0.123. The van der Waals surface area contributed by atoms with Crippen LogP contribution in [-0.4, -0.2) is 36.1 Å². The van der Waals surface area contributed by atoms with Crippen molar-refractivity contribution < 1.29 is 19.1 Å². The second-order valence-corrected chi connectivity index (χ2v) is 10.5. The Morgan fingerprint density at radius 1 is 0.977 bits per heavy atom. The number of carbonyl (C=O) groups excluding carboxylic acids is 2. The lowest BCUT2D eigenvalue weighted by atomic mass is 9.95. The summed E-state index contributed by atoms with van der Waals surface area (Å²) in [5.74, 6) is 0.739. The van der Waals surface area contributed by atoms with E-state index in [1.807, 2.05) is 56.3 Å². The van der Waals surface area contributed by atoms with E-state index in [1.54, 1.807) is 6.20 Å². The third-order valence-corrected chi connectivity index (χ3v) is 7.71. The number of amides is 2. The summed E-state index contributed by atoms with van der Waals surface area (Å²) in [4.78, 5) is 29.8. The van der Waals surface area contributed by atoms with Crippen molar-refractivity contribution in [3.8, 4) is 11.5 Å². The first-order valence-electron chi connectivity index (χ1n) is 14.9. The van der Waals surface area contributed by atoms with Crippen molar-refractivity contribution in [2.24, 2.45) is 5.73 Å². The Morgan fingerprint density at radius 3 is 2.44 bits per heavy atom. The molecule has 5 N–H and O–H groups in total. The molecule has 0 saturated carbocycles. The molecule has 9 heteroatoms. The van der Waals surface area contributed by atoms with Crippen LogP contribution in [0.15, 0.2) is 60.8 Å². The van der Waals surface area contributed by atoms with Crippen LogP contribution in [0.3, 0.4) is 0 Å². The molecule has 5 rings (SSSR count). The van der Waals surface area contributed by atoms with Gasteiger partial charge in [-0.25, -0.2) is 0 Å². The summed E-state index contributed by atoms with van der Waals surface area (Å²) in [6.45, 7) is 7.96. The van der Waals surface area contributed by atoms with Gasteiger partial charge >= 0.3 is 0 Å². The lowest BCUT2D eigenvalue weighted by Crippen LogP contribution is -2.47. The number of primary amides is 1. The molecule has 1 aliphatic heterocycles. The lowest BCUT2D eigenvalue weighted by Gasteiger charge is -2.25. The van der Waals surface area contributed by atoms with Crippen LogP contribution in [-0.2, 0) is 41.9 Å². The Balaban J connectivity index is 1.44. The molecule has 0 aliphatic carbocycles. The van der Waals surface area contributed by atoms with Gasteiger partial charge < -0.3 is 31.2 Å². The van der Waals surface area contributed by atoms with E-state index in [-0.39, 0.29) is 18.4 Å². The fraction of sp³-hybridized carbons (Fsp3) is 0.324. The first kappa shape index (κ1) is 29.8. The summed E-state index contributed by atoms with van der Waals surface area (Å²) in [6, 6.07) is 17.7. The highest BCUT2D eigenvalue weighted by molar-refractivity contribution is 5.98. The Bertz CT molecular complexity index is 1640. The van der Waals surface area contributed by atoms with Gasteiger partial charge in [0.15, 0.2) is 11.5 Å². The highest BCUT2D eigenvalue weighted by Crippen LogP contribution is 2.38. The average Bonchev–Trinajstić information content (AvgIpc) is 3.01. The summed E-state index contributed by atoms with van der Waals surface area (Å²) >= 11 is 0. The van der Waals surface area contributed by atoms with Crippen molar-refractivity contribution in [1.82, 2.24) is 15.6 Å². The average molecular weight is 582 g/mol. The quantitative estimate of drug-likeness (QED) is 0.191. The first-order chi connectivity index (χ1) is 20.9. The second-order valence-electron chi connectivity index (χ2n) is 10.5. The fourth-order valence-corrected chi connectivity index (χ4v) is 5.66. The van der Waals surface area contributed by atoms with Crippen molar-refractivity contribution in [3.05, 3.63) is 88.6 Å². The van der Waals surface area contributed by atoms with Crippen molar-refractivity contribution in [2.45, 2.75) is 59.2 Å². The Labute approximate surface area is 252 Å². The van der Waals surface area contributed by atoms with Crippen LogP contribution in [0.5, 0.6) is 11.5 Å². The monoisotopic (exact) mass is 581 g/mol. The maximum absolute atomic E-state index is 13.1. The van der Waals surface area contributed by atoms with Gasteiger partial charge in [0, 0.05) is 42.0 Å². The van der Waals surface area contributed by atoms with Crippen LogP contribution < -0.4 is 31.2 Å². The van der Waals surface area contributed by atoms with Gasteiger partial charge in [0.05, 0.1) is 36.9 Å². The highest BCUT2D eigenvalue weighted by Gasteiger charge is 2.24. The number of nitrogens with two attached hydrogens (primary N) is 1. The van der Waals surface area contributed by atoms with Gasteiger partial charge in [0.25, 0.3) is 0 Å². The van der Waals surface area contributed by atoms with E-state index in [0.717, 1.165) is 34.3 Å². The zero-order valence-corrected chi connectivity index (χ0v) is 25.0. The third-order valence-electron chi connectivity index (χ3n) is 7.71. The molecule has 0 unspecified atom stereocenters. The molecule has 0 bridgehead atoms. The molecule has 2 amide bonds. The van der Waals surface area contributed by atoms with E-state index in [4.69, 9.17) is 15.2 Å². The SMILES string of the molecule is CCOc1cc2ncc(CC(N)=O)c(Nc3cccc(CNC(=O)[C@H]4Cc5ccccc5CN4)c3CC)c2cc1OCC. The molecule has 0 radical (unpaired) electrons. The first-order valence-corrected chi connectivity index (χ1v) is 14.9. The van der Waals surface area contributed by atoms with Crippen LogP contribution in [0.25, 0.3) is 10.9 Å². The number of benzene rings is 3. The maximum Gasteiger partial charge on any atom is 0.237 e. The zero-order chi connectivity index (χ0) is 30.3. The number of pyridine rings is 1. The molecule has 0 spiro atoms. The van der Waals surface area contributed by atoms with Gasteiger partial charge in [-0.15, -0.1) is 0 Å². The van der Waals surface area contributed by atoms with Crippen LogP contribution >= 0.6 is 0 Å². The maximum atomic E-state index is 13.1. The largest absolute Gasteiger partial charge is 0.490 e. The van der Waals surface area contributed by atoms with Crippen molar-refractivity contribution in [1.29, 1.82) is 0 Å². The molecule has 9 nitrogen and oxygen atoms in total. The number of nitrogens with zero attached hydrogens (tertiary/aromatic N) is 1. The van der Waals surface area contributed by atoms with E-state index in [2.05, 4.69) is 40.0 Å². The second kappa shape index (κ2) is 13.6. The number of ether oxygens (including phenoxy) is 2. The van der Waals surface area contributed by atoms with Crippen LogP contribution in [0, 0.1) is 0 Å². The van der Waals surface area contributed by atoms with Crippen LogP contribution in [0.2, 0.25) is 0 Å². The normalized spacial score (nSPS) is 14.2. The zero-order valence-electron chi connectivity index (χ0n) is 25.0. The number of aromatic nitrogens is 1. The van der Waals surface area contributed by atoms with E-state index < -0.39 is 5.91 Å². The topological polar surface area (TPSA) is 128 Å². The van der Waals surface area contributed by atoms with E-state index in [0.29, 0.717) is 55.3 Å². The minimum atomic E-state index is -0.453. The molecule has 2 heterocycles. The van der Waals surface area contributed by atoms with Crippen molar-refractivity contribution in [2.75, 3.05) is 18.5 Å². The summed E-state index contributed by atoms with van der Waals surface area (Å²) in [5.41, 5.74) is 13.1. The number of hydrogen-bond acceptors (Lipinski definition) is 7. The van der Waals surface area contributed by atoms with Crippen molar-refractivity contribution in [3.63, 3.8) is 0 Å². The number of anilines is 2. The molecule has 4 aromatic rings. The minimum Gasteiger partial charge on any atom is -0.490 e. The summed E-state index contributed by atoms with van der Waals surface area (Å²) in [6.07, 6.45) is 3.10. The Kier molecular flexibility index (Phi) is 9.41. The van der Waals surface area contributed by atoms with Gasteiger partial charge in [-0.1, -0.05) is 43.3 Å². The minimum absolute atomic E-state index is 0.0210. The number of carbonyl (C=O) groups is 2. The van der Waals surface area contributed by atoms with Gasteiger partial charge in [-0.2, -0.15) is 0 Å². The van der Waals surface area contributed by atoms with Crippen molar-refractivity contribution >= 4 is 34.1 Å². The number of hydrogen-bond donors (Lipinski definition) is 4. The van der Waals surface area contributed by atoms with E-state index in [1.165, 1.54) is 11.1 Å². The molecule has 1 atom stereocenters. The van der Waals surface area contributed by atoms with E-state index in [9.17, 15) is 9.59 Å². The van der Waals surface area contributed by atoms with Gasteiger partial charge in [0.1, 0.15) is 0 Å². The molecule has 0 fully saturated rings. The molecule has 0 saturated heterocycles. The Hall–Kier alpha value is -4.63. The van der Waals surface area contributed by atoms with Crippen LogP contribution in [0.4, 0.5) is 11.4 Å². The third kappa shape index (κ3) is 6.73. The molecule has 1 aromatic heterocycles. The van der Waals surface area contributed by atoms with Gasteiger partial charge in [-0.05, 0) is 61.1 Å². The molecule has 43 heavy (non-hydrogen) atoms. The van der Waals surface area contributed by atoms with Gasteiger partial charge in [0.2, 0.25) is 11.8 Å². The molecule has 224 valence electrons. The summed E-state index contributed by atoms with van der Waals surface area (Å²) in [7, 11) is 0. The number of rotatable bonds is 12. The molecular weight excluding hydrogens is 542 g/mol. The number of nitrogens with one attached hydrogen (secondary N) is 3. The van der Waals surface area contributed by atoms with Gasteiger partial charge in [-0.3, -0.25) is 14.6 Å². The molecule has 1 aliphatic rings. The highest BCUT2D eigenvalue weighted by atomic mass is 16.5. The van der Waals surface area contributed by atoms with E-state index >= 15 is 0 Å². The summed E-state index contributed by atoms with van der Waals surface area (Å²) in [5, 5.41) is 10.9. The van der Waals surface area contributed by atoms with Crippen LogP contribution in [0.1, 0.15) is 48.6 Å². The number of fused-ring (bicyclic) bond motifs is 2. The molecular formula is C34H39N5O4.